The van der Waals surface area contributed by atoms with E-state index in [4.69, 9.17) is 0 Å². The number of carboxylic acids is 1. The maximum absolute atomic E-state index is 12.0. The Morgan fingerprint density at radius 2 is 1.88 bits per heavy atom. The number of thioether (sulfide) groups is 1. The van der Waals surface area contributed by atoms with E-state index in [9.17, 15) is 9.90 Å². The summed E-state index contributed by atoms with van der Waals surface area (Å²) in [4.78, 5) is 21.8. The van der Waals surface area contributed by atoms with Gasteiger partial charge in [-0.2, -0.15) is 0 Å². The Bertz CT molecular complexity index is 703. The van der Waals surface area contributed by atoms with Gasteiger partial charge in [0.15, 0.2) is 0 Å². The second-order valence-corrected chi connectivity index (χ2v) is 6.96. The van der Waals surface area contributed by atoms with Crippen molar-refractivity contribution in [3.05, 3.63) is 59.9 Å². The third-order valence-corrected chi connectivity index (χ3v) is 5.36. The van der Waals surface area contributed by atoms with E-state index in [2.05, 4.69) is 14.8 Å². The Hall–Kier alpha value is -1.89. The molecule has 0 radical (unpaired) electrons. The number of carboxylic acid groups (broad SMARTS) is 1. The van der Waals surface area contributed by atoms with Crippen LogP contribution in [-0.4, -0.2) is 58.3 Å². The first kappa shape index (κ1) is 17.9. The van der Waals surface area contributed by atoms with Gasteiger partial charge in [-0.05, 0) is 30.0 Å². The molecule has 0 unspecified atom stereocenters. The normalized spacial score (nSPS) is 17.3. The molecule has 2 heterocycles. The van der Waals surface area contributed by atoms with E-state index >= 15 is 0 Å². The quantitative estimate of drug-likeness (QED) is 0.803. The maximum Gasteiger partial charge on any atom is 0.325 e. The summed E-state index contributed by atoms with van der Waals surface area (Å²) in [5, 5.41) is 9.83. The summed E-state index contributed by atoms with van der Waals surface area (Å²) in [6.45, 7) is 4.00. The summed E-state index contributed by atoms with van der Waals surface area (Å²) < 4.78 is 0. The average Bonchev–Trinajstić information content (AvgIpc) is 2.64. The molecular weight excluding hydrogens is 334 g/mol. The third kappa shape index (κ3) is 4.39. The van der Waals surface area contributed by atoms with Crippen molar-refractivity contribution in [2.45, 2.75) is 17.5 Å². The number of aromatic nitrogens is 1. The molecular formula is C19H23N3O2S. The van der Waals surface area contributed by atoms with Crippen molar-refractivity contribution in [3.63, 3.8) is 0 Å². The molecule has 5 nitrogen and oxygen atoms in total. The Morgan fingerprint density at radius 1 is 1.16 bits per heavy atom. The molecule has 1 saturated heterocycles. The molecule has 0 amide bonds. The van der Waals surface area contributed by atoms with Gasteiger partial charge in [0.2, 0.25) is 0 Å². The number of carbonyl (C=O) groups is 1. The summed E-state index contributed by atoms with van der Waals surface area (Å²) in [5.41, 5.74) is 1.94. The van der Waals surface area contributed by atoms with Crippen molar-refractivity contribution >= 4 is 17.7 Å². The van der Waals surface area contributed by atoms with E-state index < -0.39 is 12.0 Å². The Kier molecular flexibility index (Phi) is 6.07. The van der Waals surface area contributed by atoms with Gasteiger partial charge in [0.25, 0.3) is 0 Å². The number of pyridine rings is 1. The summed E-state index contributed by atoms with van der Waals surface area (Å²) in [5.74, 6) is -0.778. The Balaban J connectivity index is 1.68. The lowest BCUT2D eigenvalue weighted by atomic mass is 10.0. The number of hydrogen-bond acceptors (Lipinski definition) is 5. The van der Waals surface area contributed by atoms with Crippen molar-refractivity contribution in [1.82, 2.24) is 14.8 Å². The van der Waals surface area contributed by atoms with Crippen LogP contribution in [0.3, 0.4) is 0 Å². The first-order valence-electron chi connectivity index (χ1n) is 8.41. The fourth-order valence-electron chi connectivity index (χ4n) is 3.28. The molecule has 1 aromatic carbocycles. The van der Waals surface area contributed by atoms with Crippen LogP contribution in [0.1, 0.15) is 17.3 Å². The van der Waals surface area contributed by atoms with E-state index in [1.54, 1.807) is 11.8 Å². The molecule has 1 N–H and O–H groups in total. The highest BCUT2D eigenvalue weighted by Gasteiger charge is 2.31. The van der Waals surface area contributed by atoms with Crippen LogP contribution in [0.5, 0.6) is 0 Å². The summed E-state index contributed by atoms with van der Waals surface area (Å²) in [6.07, 6.45) is 3.80. The minimum atomic E-state index is -0.778. The molecule has 0 spiro atoms. The van der Waals surface area contributed by atoms with Gasteiger partial charge in [-0.3, -0.25) is 19.6 Å². The molecule has 132 valence electrons. The highest BCUT2D eigenvalue weighted by Crippen LogP contribution is 2.30. The van der Waals surface area contributed by atoms with Crippen LogP contribution in [0.4, 0.5) is 0 Å². The molecule has 1 aliphatic heterocycles. The van der Waals surface area contributed by atoms with Crippen LogP contribution in [0, 0.1) is 0 Å². The highest BCUT2D eigenvalue weighted by atomic mass is 32.2. The van der Waals surface area contributed by atoms with Gasteiger partial charge in [0.05, 0.1) is 5.69 Å². The third-order valence-electron chi connectivity index (χ3n) is 4.55. The molecule has 6 heteroatoms. The molecule has 0 saturated carbocycles. The molecule has 1 aromatic heterocycles. The number of benzene rings is 1. The number of rotatable bonds is 6. The molecule has 25 heavy (non-hydrogen) atoms. The molecule has 1 fully saturated rings. The predicted molar refractivity (Wildman–Crippen MR) is 99.7 cm³/mol. The summed E-state index contributed by atoms with van der Waals surface area (Å²) in [7, 11) is 0. The predicted octanol–water partition coefficient (Wildman–Crippen LogP) is 2.75. The summed E-state index contributed by atoms with van der Waals surface area (Å²) in [6, 6.07) is 13.2. The number of piperazine rings is 1. The van der Waals surface area contributed by atoms with E-state index in [1.807, 2.05) is 54.9 Å². The van der Waals surface area contributed by atoms with Crippen LogP contribution in [0.2, 0.25) is 0 Å². The monoisotopic (exact) mass is 357 g/mol. The number of nitrogens with zero attached hydrogens (tertiary/aromatic N) is 3. The van der Waals surface area contributed by atoms with Gasteiger partial charge in [-0.25, -0.2) is 0 Å². The van der Waals surface area contributed by atoms with Gasteiger partial charge >= 0.3 is 5.97 Å². The van der Waals surface area contributed by atoms with Gasteiger partial charge < -0.3 is 5.11 Å². The Morgan fingerprint density at radius 3 is 2.52 bits per heavy atom. The van der Waals surface area contributed by atoms with Crippen molar-refractivity contribution in [3.8, 4) is 0 Å². The topological polar surface area (TPSA) is 56.7 Å². The van der Waals surface area contributed by atoms with Crippen molar-refractivity contribution in [2.75, 3.05) is 32.4 Å². The SMILES string of the molecule is CSc1ccccc1[C@H](C(=O)O)N1CCN(Cc2ccccn2)CC1. The van der Waals surface area contributed by atoms with Crippen LogP contribution in [0.25, 0.3) is 0 Å². The van der Waals surface area contributed by atoms with Crippen molar-refractivity contribution < 1.29 is 9.90 Å². The second kappa shape index (κ2) is 8.47. The maximum atomic E-state index is 12.0. The van der Waals surface area contributed by atoms with Gasteiger partial charge in [-0.15, -0.1) is 11.8 Å². The lowest BCUT2D eigenvalue weighted by molar-refractivity contribution is -0.144. The van der Waals surface area contributed by atoms with Gasteiger partial charge in [-0.1, -0.05) is 24.3 Å². The second-order valence-electron chi connectivity index (χ2n) is 6.12. The molecule has 0 bridgehead atoms. The van der Waals surface area contributed by atoms with Crippen LogP contribution < -0.4 is 0 Å². The fourth-order valence-corrected chi connectivity index (χ4v) is 3.91. The van der Waals surface area contributed by atoms with Crippen molar-refractivity contribution in [1.29, 1.82) is 0 Å². The lowest BCUT2D eigenvalue weighted by Crippen LogP contribution is -2.49. The molecule has 2 aromatic rings. The standard InChI is InChI=1S/C19H23N3O2S/c1-25-17-8-3-2-7-16(17)18(19(23)24)22-12-10-21(11-13-22)14-15-6-4-5-9-20-15/h2-9,18H,10-14H2,1H3,(H,23,24)/t18-/m1/s1. The molecule has 1 aliphatic rings. The number of aliphatic carboxylic acids is 1. The van der Waals surface area contributed by atoms with E-state index in [1.165, 1.54) is 0 Å². The largest absolute Gasteiger partial charge is 0.480 e. The first-order valence-corrected chi connectivity index (χ1v) is 9.63. The minimum Gasteiger partial charge on any atom is -0.480 e. The molecule has 3 rings (SSSR count). The Labute approximate surface area is 152 Å². The zero-order chi connectivity index (χ0) is 17.6. The van der Waals surface area contributed by atoms with E-state index in [0.29, 0.717) is 0 Å². The van der Waals surface area contributed by atoms with Crippen LogP contribution in [0.15, 0.2) is 53.6 Å². The highest BCUT2D eigenvalue weighted by molar-refractivity contribution is 7.98. The molecule has 1 atom stereocenters. The zero-order valence-corrected chi connectivity index (χ0v) is 15.2. The van der Waals surface area contributed by atoms with E-state index in [0.717, 1.165) is 48.9 Å². The van der Waals surface area contributed by atoms with E-state index in [-0.39, 0.29) is 0 Å². The minimum absolute atomic E-state index is 0.583. The lowest BCUT2D eigenvalue weighted by Gasteiger charge is -2.38. The van der Waals surface area contributed by atoms with Gasteiger partial charge in [0.1, 0.15) is 6.04 Å². The summed E-state index contributed by atoms with van der Waals surface area (Å²) >= 11 is 1.60. The zero-order valence-electron chi connectivity index (χ0n) is 14.3. The van der Waals surface area contributed by atoms with Crippen molar-refractivity contribution in [2.24, 2.45) is 0 Å². The number of hydrogen-bond donors (Lipinski definition) is 1. The van der Waals surface area contributed by atoms with Gasteiger partial charge in [0, 0.05) is 43.8 Å². The smallest absolute Gasteiger partial charge is 0.325 e. The average molecular weight is 357 g/mol. The first-order chi connectivity index (χ1) is 12.2. The van der Waals surface area contributed by atoms with Crippen LogP contribution in [-0.2, 0) is 11.3 Å². The fraction of sp³-hybridized carbons (Fsp3) is 0.368. The van der Waals surface area contributed by atoms with Crippen LogP contribution >= 0.6 is 11.8 Å². The molecule has 0 aliphatic carbocycles.